The van der Waals surface area contributed by atoms with Crippen LogP contribution in [0.1, 0.15) is 4.88 Å². The van der Waals surface area contributed by atoms with E-state index in [1.807, 2.05) is 0 Å². The standard InChI is InChI=1S/C9H14BrNOS/c1-11(4-5-12-2)7-9-8(10)3-6-13-9/h3,6H,4-5,7H2,1-2H3. The molecule has 0 atom stereocenters. The highest BCUT2D eigenvalue weighted by molar-refractivity contribution is 9.10. The van der Waals surface area contributed by atoms with Gasteiger partial charge in [-0.1, -0.05) is 0 Å². The van der Waals surface area contributed by atoms with E-state index in [4.69, 9.17) is 4.74 Å². The fourth-order valence-corrected chi connectivity index (χ4v) is 2.57. The first-order valence-corrected chi connectivity index (χ1v) is 5.80. The topological polar surface area (TPSA) is 12.5 Å². The van der Waals surface area contributed by atoms with Crippen LogP contribution in [0.25, 0.3) is 0 Å². The largest absolute Gasteiger partial charge is 0.383 e. The Hall–Kier alpha value is 0.100. The molecule has 0 fully saturated rings. The number of thiophene rings is 1. The van der Waals surface area contributed by atoms with Crippen LogP contribution in [0.5, 0.6) is 0 Å². The van der Waals surface area contributed by atoms with E-state index in [2.05, 4.69) is 39.3 Å². The lowest BCUT2D eigenvalue weighted by Gasteiger charge is -2.14. The minimum Gasteiger partial charge on any atom is -0.383 e. The molecule has 0 aliphatic rings. The number of nitrogens with zero attached hydrogens (tertiary/aromatic N) is 1. The van der Waals surface area contributed by atoms with Crippen LogP contribution in [-0.4, -0.2) is 32.2 Å². The maximum absolute atomic E-state index is 5.01. The number of halogens is 1. The molecule has 1 rings (SSSR count). The summed E-state index contributed by atoms with van der Waals surface area (Å²) < 4.78 is 6.22. The van der Waals surface area contributed by atoms with E-state index in [-0.39, 0.29) is 0 Å². The highest BCUT2D eigenvalue weighted by Crippen LogP contribution is 2.23. The van der Waals surface area contributed by atoms with Crippen molar-refractivity contribution in [2.75, 3.05) is 27.3 Å². The van der Waals surface area contributed by atoms with Crippen molar-refractivity contribution < 1.29 is 4.74 Å². The van der Waals surface area contributed by atoms with Gasteiger partial charge in [0.1, 0.15) is 0 Å². The first-order valence-electron chi connectivity index (χ1n) is 4.13. The Bertz CT molecular complexity index is 252. The lowest BCUT2D eigenvalue weighted by atomic mass is 10.4. The van der Waals surface area contributed by atoms with Crippen LogP contribution in [0, 0.1) is 0 Å². The summed E-state index contributed by atoms with van der Waals surface area (Å²) in [7, 11) is 3.83. The summed E-state index contributed by atoms with van der Waals surface area (Å²) in [5, 5.41) is 2.10. The second-order valence-corrected chi connectivity index (χ2v) is 4.78. The number of hydrogen-bond acceptors (Lipinski definition) is 3. The molecule has 1 aromatic rings. The number of rotatable bonds is 5. The molecule has 0 saturated heterocycles. The minimum atomic E-state index is 0.791. The van der Waals surface area contributed by atoms with Crippen LogP contribution < -0.4 is 0 Å². The Morgan fingerprint density at radius 1 is 1.62 bits per heavy atom. The molecule has 0 N–H and O–H groups in total. The van der Waals surface area contributed by atoms with E-state index >= 15 is 0 Å². The second-order valence-electron chi connectivity index (χ2n) is 2.92. The molecule has 4 heteroatoms. The van der Waals surface area contributed by atoms with Crippen molar-refractivity contribution in [3.05, 3.63) is 20.8 Å². The van der Waals surface area contributed by atoms with Crippen LogP contribution >= 0.6 is 27.3 Å². The van der Waals surface area contributed by atoms with E-state index in [9.17, 15) is 0 Å². The number of ether oxygens (including phenoxy) is 1. The van der Waals surface area contributed by atoms with E-state index in [0.717, 1.165) is 19.7 Å². The summed E-state index contributed by atoms with van der Waals surface area (Å²) in [5.41, 5.74) is 0. The second kappa shape index (κ2) is 5.75. The Kier molecular flexibility index (Phi) is 4.94. The van der Waals surface area contributed by atoms with Gasteiger partial charge in [-0.25, -0.2) is 0 Å². The number of methoxy groups -OCH3 is 1. The predicted molar refractivity (Wildman–Crippen MR) is 60.2 cm³/mol. The van der Waals surface area contributed by atoms with Crippen LogP contribution in [0.2, 0.25) is 0 Å². The van der Waals surface area contributed by atoms with Crippen LogP contribution in [0.3, 0.4) is 0 Å². The van der Waals surface area contributed by atoms with Crippen LogP contribution in [0.15, 0.2) is 15.9 Å². The SMILES string of the molecule is COCCN(C)Cc1sccc1Br. The van der Waals surface area contributed by atoms with Crippen LogP contribution in [0.4, 0.5) is 0 Å². The van der Waals surface area contributed by atoms with Crippen LogP contribution in [-0.2, 0) is 11.3 Å². The Morgan fingerprint density at radius 3 is 2.92 bits per heavy atom. The zero-order valence-electron chi connectivity index (χ0n) is 7.92. The predicted octanol–water partition coefficient (Wildman–Crippen LogP) is 2.59. The van der Waals surface area contributed by atoms with Gasteiger partial charge in [-0.2, -0.15) is 0 Å². The molecule has 1 heterocycles. The van der Waals surface area contributed by atoms with E-state index < -0.39 is 0 Å². The van der Waals surface area contributed by atoms with Crippen molar-refractivity contribution in [1.29, 1.82) is 0 Å². The van der Waals surface area contributed by atoms with Gasteiger partial charge in [0.2, 0.25) is 0 Å². The molecular weight excluding hydrogens is 250 g/mol. The molecule has 0 aliphatic heterocycles. The average molecular weight is 264 g/mol. The fraction of sp³-hybridized carbons (Fsp3) is 0.556. The summed E-state index contributed by atoms with van der Waals surface area (Å²) >= 11 is 5.30. The third-order valence-electron chi connectivity index (χ3n) is 1.78. The van der Waals surface area contributed by atoms with Gasteiger partial charge in [-0.3, -0.25) is 4.90 Å². The molecular formula is C9H14BrNOS. The molecule has 0 bridgehead atoms. The maximum Gasteiger partial charge on any atom is 0.0589 e. The number of likely N-dealkylation sites (N-methyl/N-ethyl adjacent to an activating group) is 1. The molecule has 2 nitrogen and oxygen atoms in total. The van der Waals surface area contributed by atoms with Crippen molar-refractivity contribution in [2.45, 2.75) is 6.54 Å². The van der Waals surface area contributed by atoms with Crippen molar-refractivity contribution in [1.82, 2.24) is 4.90 Å². The van der Waals surface area contributed by atoms with Gasteiger partial charge in [-0.05, 0) is 34.4 Å². The maximum atomic E-state index is 5.01. The lowest BCUT2D eigenvalue weighted by molar-refractivity contribution is 0.159. The fourth-order valence-electron chi connectivity index (χ4n) is 1.01. The van der Waals surface area contributed by atoms with Crippen molar-refractivity contribution >= 4 is 27.3 Å². The monoisotopic (exact) mass is 263 g/mol. The van der Waals surface area contributed by atoms with Gasteiger partial charge in [0.25, 0.3) is 0 Å². The van der Waals surface area contributed by atoms with Gasteiger partial charge >= 0.3 is 0 Å². The normalized spacial score (nSPS) is 11.1. The summed E-state index contributed by atoms with van der Waals surface area (Å²) in [5.74, 6) is 0. The molecule has 0 spiro atoms. The molecule has 0 aromatic carbocycles. The molecule has 0 saturated carbocycles. The Morgan fingerprint density at radius 2 is 2.38 bits per heavy atom. The summed E-state index contributed by atoms with van der Waals surface area (Å²) in [6, 6.07) is 2.09. The average Bonchev–Trinajstić information content (AvgIpc) is 2.48. The third kappa shape index (κ3) is 3.77. The zero-order chi connectivity index (χ0) is 9.68. The minimum absolute atomic E-state index is 0.791. The smallest absolute Gasteiger partial charge is 0.0589 e. The molecule has 13 heavy (non-hydrogen) atoms. The zero-order valence-corrected chi connectivity index (χ0v) is 10.3. The summed E-state index contributed by atoms with van der Waals surface area (Å²) in [4.78, 5) is 3.62. The van der Waals surface area contributed by atoms with Crippen molar-refractivity contribution in [2.24, 2.45) is 0 Å². The Balaban J connectivity index is 2.36. The van der Waals surface area contributed by atoms with E-state index in [1.54, 1.807) is 18.4 Å². The number of hydrogen-bond donors (Lipinski definition) is 0. The first kappa shape index (κ1) is 11.2. The molecule has 0 radical (unpaired) electrons. The third-order valence-corrected chi connectivity index (χ3v) is 3.69. The van der Waals surface area contributed by atoms with Gasteiger partial charge in [0.15, 0.2) is 0 Å². The quantitative estimate of drug-likeness (QED) is 0.810. The highest BCUT2D eigenvalue weighted by atomic mass is 79.9. The molecule has 0 amide bonds. The van der Waals surface area contributed by atoms with Crippen molar-refractivity contribution in [3.8, 4) is 0 Å². The van der Waals surface area contributed by atoms with Gasteiger partial charge in [0.05, 0.1) is 6.61 Å². The summed E-state index contributed by atoms with van der Waals surface area (Å²) in [6.45, 7) is 2.75. The Labute approximate surface area is 91.6 Å². The highest BCUT2D eigenvalue weighted by Gasteiger charge is 2.04. The molecule has 0 aliphatic carbocycles. The van der Waals surface area contributed by atoms with E-state index in [0.29, 0.717) is 0 Å². The van der Waals surface area contributed by atoms with Gasteiger partial charge < -0.3 is 4.74 Å². The van der Waals surface area contributed by atoms with Gasteiger partial charge in [-0.15, -0.1) is 11.3 Å². The first-order chi connectivity index (χ1) is 6.24. The van der Waals surface area contributed by atoms with Crippen molar-refractivity contribution in [3.63, 3.8) is 0 Å². The summed E-state index contributed by atoms with van der Waals surface area (Å²) in [6.07, 6.45) is 0. The molecule has 1 aromatic heterocycles. The molecule has 0 unspecified atom stereocenters. The lowest BCUT2D eigenvalue weighted by Crippen LogP contribution is -2.21. The van der Waals surface area contributed by atoms with E-state index in [1.165, 1.54) is 9.35 Å². The van der Waals surface area contributed by atoms with Gasteiger partial charge in [0, 0.05) is 29.5 Å². The molecule has 74 valence electrons.